The number of nitrogens with one attached hydrogen (secondary N) is 2. The third kappa shape index (κ3) is 4.49. The maximum absolute atomic E-state index is 12.0. The Hall–Kier alpha value is -2.53. The maximum atomic E-state index is 12.0. The molecule has 1 atom stereocenters. The van der Waals surface area contributed by atoms with Crippen molar-refractivity contribution in [2.75, 3.05) is 18.5 Å². The monoisotopic (exact) mass is 300 g/mol. The Morgan fingerprint density at radius 3 is 2.41 bits per heavy atom. The van der Waals surface area contributed by atoms with Crippen LogP contribution in [0.2, 0.25) is 0 Å². The van der Waals surface area contributed by atoms with Crippen molar-refractivity contribution in [1.29, 1.82) is 0 Å². The zero-order valence-corrected chi connectivity index (χ0v) is 12.5. The van der Waals surface area contributed by atoms with Crippen LogP contribution in [0.15, 0.2) is 54.6 Å². The molecule has 0 saturated heterocycles. The predicted octanol–water partition coefficient (Wildman–Crippen LogP) is 2.94. The number of ether oxygens (including phenoxy) is 1. The van der Waals surface area contributed by atoms with Crippen molar-refractivity contribution in [3.8, 4) is 5.75 Å². The summed E-state index contributed by atoms with van der Waals surface area (Å²) >= 11 is 0. The van der Waals surface area contributed by atoms with E-state index in [1.165, 1.54) is 0 Å². The maximum Gasteiger partial charge on any atom is 0.319 e. The lowest BCUT2D eigenvalue weighted by Gasteiger charge is -2.17. The molecule has 1 unspecified atom stereocenters. The molecule has 116 valence electrons. The Morgan fingerprint density at radius 2 is 1.82 bits per heavy atom. The Bertz CT molecular complexity index is 585. The first-order chi connectivity index (χ1) is 10.7. The van der Waals surface area contributed by atoms with Crippen molar-refractivity contribution in [3.63, 3.8) is 0 Å². The molecule has 0 aliphatic heterocycles. The molecule has 2 aromatic carbocycles. The van der Waals surface area contributed by atoms with Crippen molar-refractivity contribution >= 4 is 11.7 Å². The van der Waals surface area contributed by atoms with E-state index >= 15 is 0 Å². The highest BCUT2D eigenvalue weighted by molar-refractivity contribution is 5.89. The minimum Gasteiger partial charge on any atom is -0.494 e. The number of urea groups is 1. The van der Waals surface area contributed by atoms with Gasteiger partial charge in [0.1, 0.15) is 5.75 Å². The number of carbonyl (C=O) groups excluding carboxylic acids is 1. The number of anilines is 1. The number of aliphatic hydroxyl groups is 1. The number of rotatable bonds is 6. The van der Waals surface area contributed by atoms with Gasteiger partial charge in [0.15, 0.2) is 0 Å². The lowest BCUT2D eigenvalue weighted by atomic mass is 10.1. The van der Waals surface area contributed by atoms with Gasteiger partial charge in [-0.2, -0.15) is 0 Å². The van der Waals surface area contributed by atoms with E-state index in [4.69, 9.17) is 4.74 Å². The SMILES string of the molecule is CCOc1ccc(NC(=O)NC(CO)c2ccccc2)cc1. The van der Waals surface area contributed by atoms with Gasteiger partial charge in [0.05, 0.1) is 19.3 Å². The van der Waals surface area contributed by atoms with Crippen LogP contribution in [0.4, 0.5) is 10.5 Å². The van der Waals surface area contributed by atoms with Gasteiger partial charge < -0.3 is 20.5 Å². The average molecular weight is 300 g/mol. The van der Waals surface area contributed by atoms with Crippen LogP contribution in [-0.2, 0) is 0 Å². The average Bonchev–Trinajstić information content (AvgIpc) is 2.55. The molecule has 0 heterocycles. The van der Waals surface area contributed by atoms with E-state index < -0.39 is 6.04 Å². The van der Waals surface area contributed by atoms with Gasteiger partial charge in [-0.1, -0.05) is 30.3 Å². The van der Waals surface area contributed by atoms with Gasteiger partial charge in [0.2, 0.25) is 0 Å². The molecule has 2 amide bonds. The van der Waals surface area contributed by atoms with E-state index in [-0.39, 0.29) is 12.6 Å². The highest BCUT2D eigenvalue weighted by Crippen LogP contribution is 2.16. The normalized spacial score (nSPS) is 11.5. The smallest absolute Gasteiger partial charge is 0.319 e. The number of benzene rings is 2. The van der Waals surface area contributed by atoms with Gasteiger partial charge >= 0.3 is 6.03 Å². The number of aliphatic hydroxyl groups excluding tert-OH is 1. The molecular formula is C17H20N2O3. The molecular weight excluding hydrogens is 280 g/mol. The summed E-state index contributed by atoms with van der Waals surface area (Å²) in [6.45, 7) is 2.35. The van der Waals surface area contributed by atoms with Crippen molar-refractivity contribution in [3.05, 3.63) is 60.2 Å². The molecule has 0 saturated carbocycles. The second-order valence-corrected chi connectivity index (χ2v) is 4.70. The Labute approximate surface area is 129 Å². The molecule has 2 rings (SSSR count). The number of hydrogen-bond donors (Lipinski definition) is 3. The van der Waals surface area contributed by atoms with Crippen LogP contribution in [0.1, 0.15) is 18.5 Å². The third-order valence-electron chi connectivity index (χ3n) is 3.11. The lowest BCUT2D eigenvalue weighted by molar-refractivity contribution is 0.225. The van der Waals surface area contributed by atoms with Gasteiger partial charge in [-0.15, -0.1) is 0 Å². The molecule has 0 spiro atoms. The predicted molar refractivity (Wildman–Crippen MR) is 86.0 cm³/mol. The van der Waals surface area contributed by atoms with Crippen LogP contribution in [-0.4, -0.2) is 24.4 Å². The molecule has 2 aromatic rings. The first-order valence-corrected chi connectivity index (χ1v) is 7.19. The topological polar surface area (TPSA) is 70.6 Å². The quantitative estimate of drug-likeness (QED) is 0.768. The van der Waals surface area contributed by atoms with E-state index in [2.05, 4.69) is 10.6 Å². The van der Waals surface area contributed by atoms with Crippen molar-refractivity contribution < 1.29 is 14.6 Å². The number of amides is 2. The fourth-order valence-corrected chi connectivity index (χ4v) is 2.05. The summed E-state index contributed by atoms with van der Waals surface area (Å²) in [7, 11) is 0. The fourth-order valence-electron chi connectivity index (χ4n) is 2.05. The largest absolute Gasteiger partial charge is 0.494 e. The zero-order valence-electron chi connectivity index (χ0n) is 12.5. The van der Waals surface area contributed by atoms with E-state index in [0.29, 0.717) is 12.3 Å². The van der Waals surface area contributed by atoms with E-state index in [0.717, 1.165) is 11.3 Å². The van der Waals surface area contributed by atoms with Gasteiger partial charge in [0, 0.05) is 5.69 Å². The second kappa shape index (κ2) is 8.05. The summed E-state index contributed by atoms with van der Waals surface area (Å²) in [5.41, 5.74) is 1.51. The fraction of sp³-hybridized carbons (Fsp3) is 0.235. The summed E-state index contributed by atoms with van der Waals surface area (Å²) in [5.74, 6) is 0.756. The number of carbonyl (C=O) groups is 1. The van der Waals surface area contributed by atoms with Gasteiger partial charge in [-0.05, 0) is 36.8 Å². The minimum absolute atomic E-state index is 0.166. The molecule has 22 heavy (non-hydrogen) atoms. The Kier molecular flexibility index (Phi) is 5.80. The molecule has 3 N–H and O–H groups in total. The molecule has 0 aromatic heterocycles. The highest BCUT2D eigenvalue weighted by atomic mass is 16.5. The lowest BCUT2D eigenvalue weighted by Crippen LogP contribution is -2.34. The van der Waals surface area contributed by atoms with Crippen LogP contribution in [0, 0.1) is 0 Å². The van der Waals surface area contributed by atoms with Crippen molar-refractivity contribution in [2.24, 2.45) is 0 Å². The first kappa shape index (κ1) is 15.9. The van der Waals surface area contributed by atoms with Gasteiger partial charge in [-0.3, -0.25) is 0 Å². The van der Waals surface area contributed by atoms with Crippen LogP contribution >= 0.6 is 0 Å². The molecule has 5 heteroatoms. The minimum atomic E-state index is -0.441. The summed E-state index contributed by atoms with van der Waals surface area (Å²) < 4.78 is 5.34. The van der Waals surface area contributed by atoms with Crippen molar-refractivity contribution in [2.45, 2.75) is 13.0 Å². The van der Waals surface area contributed by atoms with E-state index in [9.17, 15) is 9.90 Å². The van der Waals surface area contributed by atoms with Crippen LogP contribution in [0.5, 0.6) is 5.75 Å². The molecule has 5 nitrogen and oxygen atoms in total. The molecule has 0 bridgehead atoms. The van der Waals surface area contributed by atoms with Crippen LogP contribution in [0.25, 0.3) is 0 Å². The second-order valence-electron chi connectivity index (χ2n) is 4.70. The summed E-state index contributed by atoms with van der Waals surface area (Å²) in [6, 6.07) is 15.6. The van der Waals surface area contributed by atoms with Crippen LogP contribution in [0.3, 0.4) is 0 Å². The summed E-state index contributed by atoms with van der Waals surface area (Å²) in [6.07, 6.45) is 0. The van der Waals surface area contributed by atoms with Crippen molar-refractivity contribution in [1.82, 2.24) is 5.32 Å². The molecule has 0 aliphatic rings. The highest BCUT2D eigenvalue weighted by Gasteiger charge is 2.13. The first-order valence-electron chi connectivity index (χ1n) is 7.19. The molecule has 0 radical (unpaired) electrons. The summed E-state index contributed by atoms with van der Waals surface area (Å²) in [4.78, 5) is 12.0. The summed E-state index contributed by atoms with van der Waals surface area (Å²) in [5, 5.41) is 14.9. The Balaban J connectivity index is 1.94. The Morgan fingerprint density at radius 1 is 1.14 bits per heavy atom. The van der Waals surface area contributed by atoms with Gasteiger partial charge in [-0.25, -0.2) is 4.79 Å². The van der Waals surface area contributed by atoms with Crippen LogP contribution < -0.4 is 15.4 Å². The van der Waals surface area contributed by atoms with E-state index in [1.807, 2.05) is 37.3 Å². The number of hydrogen-bond acceptors (Lipinski definition) is 3. The molecule has 0 aliphatic carbocycles. The third-order valence-corrected chi connectivity index (χ3v) is 3.11. The standard InChI is InChI=1S/C17H20N2O3/c1-2-22-15-10-8-14(9-11-15)18-17(21)19-16(12-20)13-6-4-3-5-7-13/h3-11,16,20H,2,12H2,1H3,(H2,18,19,21). The van der Waals surface area contributed by atoms with Gasteiger partial charge in [0.25, 0.3) is 0 Å². The van der Waals surface area contributed by atoms with E-state index in [1.54, 1.807) is 24.3 Å². The zero-order chi connectivity index (χ0) is 15.8. The molecule has 0 fully saturated rings.